The normalized spacial score (nSPS) is 21.6. The molecular weight excluding hydrogens is 542 g/mol. The number of pyridine rings is 1. The van der Waals surface area contributed by atoms with Gasteiger partial charge in [-0.1, -0.05) is 11.3 Å². The molecule has 11 nitrogen and oxygen atoms in total. The van der Waals surface area contributed by atoms with Crippen molar-refractivity contribution in [3.8, 4) is 0 Å². The molecule has 0 radical (unpaired) electrons. The molecule has 2 aromatic rings. The molecule has 0 atom stereocenters. The fraction of sp³-hybridized carbons (Fsp3) is 0.621. The van der Waals surface area contributed by atoms with Crippen molar-refractivity contribution in [1.29, 1.82) is 0 Å². The third kappa shape index (κ3) is 4.74. The van der Waals surface area contributed by atoms with Crippen molar-refractivity contribution in [1.82, 2.24) is 30.1 Å². The van der Waals surface area contributed by atoms with E-state index in [0.29, 0.717) is 56.3 Å². The highest BCUT2D eigenvalue weighted by Gasteiger charge is 2.60. The summed E-state index contributed by atoms with van der Waals surface area (Å²) in [5.41, 5.74) is 1.44. The molecule has 6 heterocycles. The molecule has 4 aliphatic rings. The number of thiophene rings is 1. The molecule has 5 amide bonds. The zero-order valence-electron chi connectivity index (χ0n) is 24.1. The van der Waals surface area contributed by atoms with Gasteiger partial charge in [0.25, 0.3) is 17.7 Å². The Kier molecular flexibility index (Phi) is 7.39. The van der Waals surface area contributed by atoms with E-state index in [1.165, 1.54) is 11.3 Å². The third-order valence-corrected chi connectivity index (χ3v) is 10.3. The summed E-state index contributed by atoms with van der Waals surface area (Å²) in [7, 11) is 0. The first-order valence-corrected chi connectivity index (χ1v) is 15.7. The highest BCUT2D eigenvalue weighted by Crippen LogP contribution is 2.43. The average molecular weight is 582 g/mol. The summed E-state index contributed by atoms with van der Waals surface area (Å²) in [5, 5.41) is 10.3. The Morgan fingerprint density at radius 2 is 1.71 bits per heavy atom. The number of amides is 5. The van der Waals surface area contributed by atoms with Crippen LogP contribution in [-0.2, 0) is 9.59 Å². The fourth-order valence-corrected chi connectivity index (χ4v) is 8.02. The van der Waals surface area contributed by atoms with Gasteiger partial charge in [0, 0.05) is 56.4 Å². The number of rotatable bonds is 4. The second-order valence-electron chi connectivity index (χ2n) is 11.8. The Bertz CT molecular complexity index is 1380. The van der Waals surface area contributed by atoms with Crippen LogP contribution in [0.5, 0.6) is 0 Å². The number of anilines is 1. The van der Waals surface area contributed by atoms with Crippen LogP contribution in [0.2, 0.25) is 0 Å². The maximum atomic E-state index is 14.0. The van der Waals surface area contributed by atoms with Gasteiger partial charge < -0.3 is 10.2 Å². The van der Waals surface area contributed by atoms with Gasteiger partial charge in [-0.05, 0) is 77.5 Å². The first kappa shape index (κ1) is 27.9. The Morgan fingerprint density at radius 1 is 1.02 bits per heavy atom. The quantitative estimate of drug-likeness (QED) is 0.536. The minimum Gasteiger partial charge on any atom is -0.338 e. The zero-order chi connectivity index (χ0) is 28.9. The summed E-state index contributed by atoms with van der Waals surface area (Å²) >= 11 is 1.33. The van der Waals surface area contributed by atoms with Crippen molar-refractivity contribution < 1.29 is 19.2 Å². The number of hydrogen-bond acceptors (Lipinski definition) is 7. The van der Waals surface area contributed by atoms with Gasteiger partial charge in [0.15, 0.2) is 0 Å². The lowest BCUT2D eigenvalue weighted by Crippen LogP contribution is -2.56. The van der Waals surface area contributed by atoms with Crippen molar-refractivity contribution in [2.45, 2.75) is 65.3 Å². The maximum absolute atomic E-state index is 14.0. The molecule has 41 heavy (non-hydrogen) atoms. The monoisotopic (exact) mass is 581 g/mol. The number of likely N-dealkylation sites (tertiary alicyclic amines) is 2. The minimum atomic E-state index is -0.951. The van der Waals surface area contributed by atoms with Gasteiger partial charge in [0.05, 0.1) is 5.56 Å². The molecule has 0 saturated carbocycles. The van der Waals surface area contributed by atoms with Gasteiger partial charge in [-0.15, -0.1) is 0 Å². The standard InChI is InChI=1S/C29H39N7O4S/c1-4-30-28(40)32-24-22(21-16-18(2)19(3)31-23(21)41-24)25(37)33-14-8-20(9-15-33)34-11-7-10-29(17-34)26(38)35-12-5-6-13-36(35)27(29)39/h16,20H,4-15,17H2,1-3H3,(H2,30,32,40). The molecule has 4 saturated heterocycles. The van der Waals surface area contributed by atoms with E-state index in [1.807, 2.05) is 31.7 Å². The van der Waals surface area contributed by atoms with Crippen molar-refractivity contribution in [3.63, 3.8) is 0 Å². The molecule has 0 aromatic carbocycles. The van der Waals surface area contributed by atoms with Crippen LogP contribution < -0.4 is 10.6 Å². The van der Waals surface area contributed by atoms with Crippen molar-refractivity contribution >= 4 is 50.3 Å². The number of hydrogen-bond donors (Lipinski definition) is 2. The van der Waals surface area contributed by atoms with Crippen LogP contribution >= 0.6 is 11.3 Å². The van der Waals surface area contributed by atoms with E-state index < -0.39 is 5.41 Å². The summed E-state index contributed by atoms with van der Waals surface area (Å²) < 4.78 is 0. The lowest BCUT2D eigenvalue weighted by molar-refractivity contribution is -0.150. The smallest absolute Gasteiger partial charge is 0.319 e. The predicted molar refractivity (Wildman–Crippen MR) is 157 cm³/mol. The molecule has 0 aliphatic carbocycles. The van der Waals surface area contributed by atoms with Crippen LogP contribution in [0.4, 0.5) is 9.80 Å². The average Bonchev–Trinajstić information content (AvgIpc) is 3.41. The molecule has 4 aliphatic heterocycles. The maximum Gasteiger partial charge on any atom is 0.319 e. The highest BCUT2D eigenvalue weighted by molar-refractivity contribution is 7.23. The van der Waals surface area contributed by atoms with Crippen molar-refractivity contribution in [2.24, 2.45) is 5.41 Å². The number of hydrazine groups is 1. The molecule has 0 bridgehead atoms. The molecule has 0 unspecified atom stereocenters. The Labute approximate surface area is 244 Å². The number of fused-ring (bicyclic) bond motifs is 2. The zero-order valence-corrected chi connectivity index (χ0v) is 24.9. The summed E-state index contributed by atoms with van der Waals surface area (Å²) in [6.45, 7) is 9.99. The molecule has 6 rings (SSSR count). The number of aromatic nitrogens is 1. The molecule has 4 fully saturated rings. The molecular formula is C29H39N7O4S. The first-order chi connectivity index (χ1) is 19.7. The Balaban J connectivity index is 1.18. The number of piperidine rings is 2. The minimum absolute atomic E-state index is 0.0184. The first-order valence-electron chi connectivity index (χ1n) is 14.9. The van der Waals surface area contributed by atoms with E-state index in [2.05, 4.69) is 15.5 Å². The van der Waals surface area contributed by atoms with Crippen LogP contribution in [0.1, 0.15) is 67.1 Å². The van der Waals surface area contributed by atoms with Gasteiger partial charge in [0.2, 0.25) is 0 Å². The van der Waals surface area contributed by atoms with E-state index in [-0.39, 0.29) is 29.8 Å². The third-order valence-electron chi connectivity index (χ3n) is 9.26. The van der Waals surface area contributed by atoms with E-state index in [9.17, 15) is 19.2 Å². The number of aryl methyl sites for hydroxylation is 2. The van der Waals surface area contributed by atoms with Gasteiger partial charge in [-0.3, -0.25) is 34.6 Å². The summed E-state index contributed by atoms with van der Waals surface area (Å²) in [5.74, 6) is -0.141. The largest absolute Gasteiger partial charge is 0.338 e. The number of urea groups is 1. The number of carbonyl (C=O) groups excluding carboxylic acids is 4. The molecule has 2 aromatic heterocycles. The Hall–Kier alpha value is -3.25. The lowest BCUT2D eigenvalue weighted by atomic mass is 9.78. The number of nitrogens with zero attached hydrogens (tertiary/aromatic N) is 5. The van der Waals surface area contributed by atoms with Crippen LogP contribution in [-0.4, -0.2) is 100 Å². The fourth-order valence-electron chi connectivity index (χ4n) is 6.93. The summed E-state index contributed by atoms with van der Waals surface area (Å²) in [6, 6.07) is 1.86. The van der Waals surface area contributed by atoms with Crippen LogP contribution in [0.25, 0.3) is 10.2 Å². The molecule has 2 N–H and O–H groups in total. The van der Waals surface area contributed by atoms with E-state index >= 15 is 0 Å². The van der Waals surface area contributed by atoms with Gasteiger partial charge >= 0.3 is 6.03 Å². The van der Waals surface area contributed by atoms with Gasteiger partial charge in [0.1, 0.15) is 15.2 Å². The Morgan fingerprint density at radius 3 is 2.37 bits per heavy atom. The lowest BCUT2D eigenvalue weighted by Gasteiger charge is -2.44. The van der Waals surface area contributed by atoms with E-state index in [1.54, 1.807) is 10.0 Å². The topological polar surface area (TPSA) is 118 Å². The molecule has 1 spiro atoms. The van der Waals surface area contributed by atoms with Crippen molar-refractivity contribution in [3.05, 3.63) is 22.9 Å². The van der Waals surface area contributed by atoms with Gasteiger partial charge in [-0.25, -0.2) is 9.78 Å². The number of carbonyl (C=O) groups is 4. The van der Waals surface area contributed by atoms with Crippen LogP contribution in [0.3, 0.4) is 0 Å². The molecule has 12 heteroatoms. The molecule has 220 valence electrons. The predicted octanol–water partition coefficient (Wildman–Crippen LogP) is 3.12. The van der Waals surface area contributed by atoms with Gasteiger partial charge in [-0.2, -0.15) is 0 Å². The van der Waals surface area contributed by atoms with Crippen LogP contribution in [0.15, 0.2) is 6.07 Å². The SMILES string of the molecule is CCNC(=O)Nc1sc2nc(C)c(C)cc2c1C(=O)N1CCC(N2CCCC3(C2)C(=O)N2CCCCN2C3=O)CC1. The summed E-state index contributed by atoms with van der Waals surface area (Å²) in [4.78, 5) is 62.9. The highest BCUT2D eigenvalue weighted by atomic mass is 32.1. The van der Waals surface area contributed by atoms with E-state index in [4.69, 9.17) is 4.98 Å². The second-order valence-corrected chi connectivity index (χ2v) is 12.8. The second kappa shape index (κ2) is 10.9. The van der Waals surface area contributed by atoms with Crippen LogP contribution in [0, 0.1) is 19.3 Å². The summed E-state index contributed by atoms with van der Waals surface area (Å²) in [6.07, 6.45) is 4.86. The van der Waals surface area contributed by atoms with Crippen molar-refractivity contribution in [2.75, 3.05) is 51.1 Å². The van der Waals surface area contributed by atoms with E-state index in [0.717, 1.165) is 60.1 Å². The number of nitrogens with one attached hydrogen (secondary N) is 2.